The molecule has 240 valence electrons. The van der Waals surface area contributed by atoms with Crippen molar-refractivity contribution < 1.29 is 19.1 Å². The molecule has 1 aliphatic rings. The molecule has 45 heavy (non-hydrogen) atoms. The molecule has 0 unspecified atom stereocenters. The van der Waals surface area contributed by atoms with Gasteiger partial charge in [0.15, 0.2) is 0 Å². The van der Waals surface area contributed by atoms with Gasteiger partial charge in [0.2, 0.25) is 11.8 Å². The molecule has 0 saturated heterocycles. The lowest BCUT2D eigenvalue weighted by Gasteiger charge is -2.23. The maximum absolute atomic E-state index is 12.2. The van der Waals surface area contributed by atoms with Crippen LogP contribution < -0.4 is 20.1 Å². The van der Waals surface area contributed by atoms with E-state index in [-0.39, 0.29) is 17.7 Å². The highest BCUT2D eigenvalue weighted by Gasteiger charge is 2.24. The lowest BCUT2D eigenvalue weighted by atomic mass is 9.85. The van der Waals surface area contributed by atoms with Crippen molar-refractivity contribution in [1.82, 2.24) is 15.6 Å². The Hall–Kier alpha value is -4.00. The summed E-state index contributed by atoms with van der Waals surface area (Å²) >= 11 is 0. The van der Waals surface area contributed by atoms with E-state index in [0.29, 0.717) is 32.7 Å². The van der Waals surface area contributed by atoms with Crippen molar-refractivity contribution in [2.24, 2.45) is 5.92 Å². The van der Waals surface area contributed by atoms with Crippen molar-refractivity contribution in [3.63, 3.8) is 0 Å². The Morgan fingerprint density at radius 3 is 2.29 bits per heavy atom. The van der Waals surface area contributed by atoms with Crippen molar-refractivity contribution >= 4 is 33.5 Å². The van der Waals surface area contributed by atoms with E-state index in [0.717, 1.165) is 73.8 Å². The molecule has 4 aromatic rings. The summed E-state index contributed by atoms with van der Waals surface area (Å²) in [7, 11) is 0. The highest BCUT2D eigenvalue weighted by Crippen LogP contribution is 2.27. The summed E-state index contributed by atoms with van der Waals surface area (Å²) in [5.74, 6) is 2.29. The fourth-order valence-corrected chi connectivity index (χ4v) is 5.94. The van der Waals surface area contributed by atoms with E-state index >= 15 is 0 Å². The molecule has 0 radical (unpaired) electrons. The third-order valence-corrected chi connectivity index (χ3v) is 8.90. The second-order valence-corrected chi connectivity index (χ2v) is 12.3. The minimum Gasteiger partial charge on any atom is -0.494 e. The van der Waals surface area contributed by atoms with Gasteiger partial charge in [-0.25, -0.2) is 0 Å². The van der Waals surface area contributed by atoms with Crippen LogP contribution in [0.1, 0.15) is 82.3 Å². The third kappa shape index (κ3) is 9.49. The number of nitrogens with one attached hydrogen (secondary N) is 3. The van der Waals surface area contributed by atoms with Crippen LogP contribution in [-0.2, 0) is 22.4 Å². The van der Waals surface area contributed by atoms with E-state index in [2.05, 4.69) is 65.0 Å². The number of benzene rings is 3. The molecule has 0 atom stereocenters. The van der Waals surface area contributed by atoms with E-state index in [9.17, 15) is 9.59 Å². The molecule has 3 aromatic carbocycles. The molecule has 1 heterocycles. The van der Waals surface area contributed by atoms with Gasteiger partial charge in [-0.05, 0) is 97.2 Å². The lowest BCUT2D eigenvalue weighted by molar-refractivity contribution is -0.127. The summed E-state index contributed by atoms with van der Waals surface area (Å²) in [6.45, 7) is 4.73. The Balaban J connectivity index is 1.02. The fourth-order valence-electron chi connectivity index (χ4n) is 5.94. The first kappa shape index (κ1) is 32.4. The van der Waals surface area contributed by atoms with Crippen LogP contribution in [0.4, 0.5) is 0 Å². The molecule has 0 aliphatic heterocycles. The van der Waals surface area contributed by atoms with Crippen LogP contribution in [-0.4, -0.2) is 43.1 Å². The summed E-state index contributed by atoms with van der Waals surface area (Å²) in [5, 5.41) is 9.68. The zero-order valence-electron chi connectivity index (χ0n) is 26.8. The van der Waals surface area contributed by atoms with E-state index in [1.54, 1.807) is 0 Å². The Morgan fingerprint density at radius 2 is 1.53 bits per heavy atom. The number of unbranched alkanes of at least 4 members (excludes halogenated alkanes) is 4. The summed E-state index contributed by atoms with van der Waals surface area (Å²) in [5.41, 5.74) is 3.50. The molecule has 7 nitrogen and oxygen atoms in total. The molecule has 1 aromatic heterocycles. The topological polar surface area (TPSA) is 92.4 Å². The number of hydrogen-bond acceptors (Lipinski definition) is 4. The largest absolute Gasteiger partial charge is 0.494 e. The van der Waals surface area contributed by atoms with Crippen LogP contribution in [0.2, 0.25) is 0 Å². The normalized spacial score (nSPS) is 13.1. The van der Waals surface area contributed by atoms with Gasteiger partial charge in [-0.15, -0.1) is 0 Å². The Bertz CT molecular complexity index is 1540. The molecular weight excluding hydrogens is 562 g/mol. The SMILES string of the molecule is CCCCCCC(=O)NCCc1cccc2ccc(OCCCCOc3ccc4[nH]cc(CCNC(=O)C5CCC5)c4c3)cc12. The van der Waals surface area contributed by atoms with Crippen LogP contribution in [0.3, 0.4) is 0 Å². The molecule has 3 N–H and O–H groups in total. The van der Waals surface area contributed by atoms with Gasteiger partial charge in [0.1, 0.15) is 11.5 Å². The smallest absolute Gasteiger partial charge is 0.223 e. The van der Waals surface area contributed by atoms with Crippen molar-refractivity contribution in [2.75, 3.05) is 26.3 Å². The van der Waals surface area contributed by atoms with E-state index in [4.69, 9.17) is 9.47 Å². The van der Waals surface area contributed by atoms with Crippen molar-refractivity contribution in [3.8, 4) is 11.5 Å². The van der Waals surface area contributed by atoms with Gasteiger partial charge in [0.05, 0.1) is 13.2 Å². The standard InChI is InChI=1S/C38H49N3O4/c1-2-3-4-5-14-37(42)39-21-19-29-11-8-10-28-15-16-32(25-34(28)29)44-23-6-7-24-45-33-17-18-36-35(26-33)31(27-41-36)20-22-40-38(43)30-12-9-13-30/h8,10-11,15-18,25-27,30,41H,2-7,9,12-14,19-24H2,1H3,(H,39,42)(H,40,43). The van der Waals surface area contributed by atoms with E-state index in [1.165, 1.54) is 41.2 Å². The number of fused-ring (bicyclic) bond motifs is 2. The average molecular weight is 612 g/mol. The maximum atomic E-state index is 12.2. The lowest BCUT2D eigenvalue weighted by Crippen LogP contribution is -2.35. The average Bonchev–Trinajstić information content (AvgIpc) is 3.42. The molecule has 0 spiro atoms. The zero-order chi connectivity index (χ0) is 31.3. The minimum atomic E-state index is 0.148. The zero-order valence-corrected chi connectivity index (χ0v) is 26.8. The number of ether oxygens (including phenoxy) is 2. The Labute approximate surface area is 267 Å². The van der Waals surface area contributed by atoms with Gasteiger partial charge in [-0.2, -0.15) is 0 Å². The van der Waals surface area contributed by atoms with E-state index < -0.39 is 0 Å². The summed E-state index contributed by atoms with van der Waals surface area (Å²) in [6.07, 6.45) is 13.7. The maximum Gasteiger partial charge on any atom is 0.223 e. The van der Waals surface area contributed by atoms with Crippen LogP contribution in [0, 0.1) is 5.92 Å². The van der Waals surface area contributed by atoms with Gasteiger partial charge in [-0.3, -0.25) is 9.59 Å². The van der Waals surface area contributed by atoms with Crippen LogP contribution in [0.5, 0.6) is 11.5 Å². The monoisotopic (exact) mass is 611 g/mol. The molecule has 1 fully saturated rings. The first-order chi connectivity index (χ1) is 22.1. The number of aromatic amines is 1. The fraction of sp³-hybridized carbons (Fsp3) is 0.474. The predicted molar refractivity (Wildman–Crippen MR) is 182 cm³/mol. The number of hydrogen-bond donors (Lipinski definition) is 3. The Kier molecular flexibility index (Phi) is 12.2. The molecule has 7 heteroatoms. The highest BCUT2D eigenvalue weighted by molar-refractivity contribution is 5.87. The van der Waals surface area contributed by atoms with Crippen LogP contribution >= 0.6 is 0 Å². The molecule has 5 rings (SSSR count). The van der Waals surface area contributed by atoms with Gasteiger partial charge in [-0.1, -0.05) is 56.9 Å². The van der Waals surface area contributed by atoms with E-state index in [1.807, 2.05) is 18.3 Å². The second kappa shape index (κ2) is 16.9. The number of rotatable bonds is 19. The number of amides is 2. The molecular formula is C38H49N3O4. The molecule has 0 bridgehead atoms. The summed E-state index contributed by atoms with van der Waals surface area (Å²) in [4.78, 5) is 27.6. The quantitative estimate of drug-likeness (QED) is 0.0950. The number of carbonyl (C=O) groups is 2. The third-order valence-electron chi connectivity index (χ3n) is 8.90. The number of carbonyl (C=O) groups excluding carboxylic acids is 2. The molecule has 2 amide bonds. The molecule has 1 aliphatic carbocycles. The van der Waals surface area contributed by atoms with Crippen molar-refractivity contribution in [1.29, 1.82) is 0 Å². The number of aromatic nitrogens is 1. The summed E-state index contributed by atoms with van der Waals surface area (Å²) in [6, 6.07) is 18.8. The molecule has 1 saturated carbocycles. The van der Waals surface area contributed by atoms with Crippen molar-refractivity contribution in [3.05, 3.63) is 71.9 Å². The minimum absolute atomic E-state index is 0.148. The van der Waals surface area contributed by atoms with Crippen LogP contribution in [0.25, 0.3) is 21.7 Å². The van der Waals surface area contributed by atoms with Crippen LogP contribution in [0.15, 0.2) is 60.8 Å². The van der Waals surface area contributed by atoms with Crippen molar-refractivity contribution in [2.45, 2.75) is 84.0 Å². The second-order valence-electron chi connectivity index (χ2n) is 12.3. The van der Waals surface area contributed by atoms with Gasteiger partial charge >= 0.3 is 0 Å². The Morgan fingerprint density at radius 1 is 0.800 bits per heavy atom. The highest BCUT2D eigenvalue weighted by atomic mass is 16.5. The first-order valence-electron chi connectivity index (χ1n) is 17.0. The van der Waals surface area contributed by atoms with Gasteiger partial charge in [0, 0.05) is 42.5 Å². The predicted octanol–water partition coefficient (Wildman–Crippen LogP) is 7.65. The first-order valence-corrected chi connectivity index (χ1v) is 17.0. The van der Waals surface area contributed by atoms with Gasteiger partial charge in [0.25, 0.3) is 0 Å². The summed E-state index contributed by atoms with van der Waals surface area (Å²) < 4.78 is 12.2. The van der Waals surface area contributed by atoms with Gasteiger partial charge < -0.3 is 25.1 Å². The number of H-pyrrole nitrogens is 1.